The Hall–Kier alpha value is -2.74. The molecule has 0 aliphatic rings. The van der Waals surface area contributed by atoms with Crippen LogP contribution in [0.1, 0.15) is 18.9 Å². The Morgan fingerprint density at radius 3 is 2.17 bits per heavy atom. The molecule has 0 aromatic heterocycles. The summed E-state index contributed by atoms with van der Waals surface area (Å²) in [5, 5.41) is 2.90. The zero-order chi connectivity index (χ0) is 21.4. The van der Waals surface area contributed by atoms with E-state index in [0.29, 0.717) is 30.8 Å². The fraction of sp³-hybridized carbons (Fsp3) is 0.381. The first-order valence-corrected chi connectivity index (χ1v) is 11.2. The van der Waals surface area contributed by atoms with E-state index in [0.717, 1.165) is 17.6 Å². The van der Waals surface area contributed by atoms with E-state index >= 15 is 0 Å². The average molecular weight is 421 g/mol. The van der Waals surface area contributed by atoms with E-state index < -0.39 is 16.1 Å². The first-order valence-electron chi connectivity index (χ1n) is 9.36. The number of hydrogen-bond donors (Lipinski definition) is 1. The Bertz CT molecular complexity index is 896. The number of nitrogens with zero attached hydrogens (tertiary/aromatic N) is 1. The molecule has 29 heavy (non-hydrogen) atoms. The van der Waals surface area contributed by atoms with E-state index in [1.54, 1.807) is 31.4 Å². The van der Waals surface area contributed by atoms with Crippen LogP contribution in [0.5, 0.6) is 11.5 Å². The smallest absolute Gasteiger partial charge is 0.261 e. The summed E-state index contributed by atoms with van der Waals surface area (Å²) in [4.78, 5) is 12.4. The molecule has 0 saturated heterocycles. The van der Waals surface area contributed by atoms with Crippen molar-refractivity contribution in [3.8, 4) is 11.5 Å². The molecule has 2 aromatic carbocycles. The van der Waals surface area contributed by atoms with Gasteiger partial charge < -0.3 is 14.8 Å². The maximum Gasteiger partial charge on any atom is 0.261 e. The number of carbonyl (C=O) groups is 1. The molecule has 0 fully saturated rings. The van der Waals surface area contributed by atoms with Crippen molar-refractivity contribution < 1.29 is 22.7 Å². The number of anilines is 1. The SMILES string of the molecule is CC[C@@H](Oc1ccc(N(C)S(C)(=O)=O)cc1)C(=O)NCCc1ccc(OC)cc1. The van der Waals surface area contributed by atoms with E-state index in [2.05, 4.69) is 5.32 Å². The molecule has 1 atom stereocenters. The third-order valence-corrected chi connectivity index (χ3v) is 5.72. The maximum absolute atomic E-state index is 12.4. The van der Waals surface area contributed by atoms with Crippen LogP contribution in [0.15, 0.2) is 48.5 Å². The van der Waals surface area contributed by atoms with Gasteiger partial charge in [0.2, 0.25) is 10.0 Å². The highest BCUT2D eigenvalue weighted by molar-refractivity contribution is 7.92. The molecule has 158 valence electrons. The number of hydrogen-bond acceptors (Lipinski definition) is 5. The molecular weight excluding hydrogens is 392 g/mol. The van der Waals surface area contributed by atoms with E-state index in [4.69, 9.17) is 9.47 Å². The number of benzene rings is 2. The van der Waals surface area contributed by atoms with Crippen LogP contribution < -0.4 is 19.1 Å². The zero-order valence-electron chi connectivity index (χ0n) is 17.2. The van der Waals surface area contributed by atoms with Crippen molar-refractivity contribution >= 4 is 21.6 Å². The molecule has 2 aromatic rings. The minimum absolute atomic E-state index is 0.182. The fourth-order valence-corrected chi connectivity index (χ4v) is 3.15. The number of nitrogens with one attached hydrogen (secondary N) is 1. The molecule has 0 bridgehead atoms. The van der Waals surface area contributed by atoms with Gasteiger partial charge in [-0.1, -0.05) is 19.1 Å². The number of sulfonamides is 1. The molecular formula is C21H28N2O5S. The summed E-state index contributed by atoms with van der Waals surface area (Å²) in [7, 11) is -0.221. The largest absolute Gasteiger partial charge is 0.497 e. The molecule has 7 nitrogen and oxygen atoms in total. The normalized spacial score (nSPS) is 12.1. The number of rotatable bonds is 10. The van der Waals surface area contributed by atoms with Crippen molar-refractivity contribution in [2.75, 3.05) is 31.3 Å². The third kappa shape index (κ3) is 6.67. The molecule has 0 unspecified atom stereocenters. The van der Waals surface area contributed by atoms with Gasteiger partial charge in [-0.2, -0.15) is 0 Å². The minimum Gasteiger partial charge on any atom is -0.497 e. The summed E-state index contributed by atoms with van der Waals surface area (Å²) < 4.78 is 35.3. The number of methoxy groups -OCH3 is 1. The molecule has 8 heteroatoms. The van der Waals surface area contributed by atoms with Crippen molar-refractivity contribution in [2.45, 2.75) is 25.9 Å². The van der Waals surface area contributed by atoms with Gasteiger partial charge in [0.1, 0.15) is 11.5 Å². The molecule has 1 N–H and O–H groups in total. The Labute approximate surface area is 172 Å². The Morgan fingerprint density at radius 2 is 1.66 bits per heavy atom. The highest BCUT2D eigenvalue weighted by Gasteiger charge is 2.18. The van der Waals surface area contributed by atoms with Crippen LogP contribution in [-0.4, -0.2) is 47.4 Å². The maximum atomic E-state index is 12.4. The lowest BCUT2D eigenvalue weighted by atomic mass is 10.1. The molecule has 1 amide bonds. The number of amides is 1. The molecule has 0 aliphatic heterocycles. The predicted octanol–water partition coefficient (Wildman–Crippen LogP) is 2.61. The van der Waals surface area contributed by atoms with Crippen molar-refractivity contribution in [1.29, 1.82) is 0 Å². The molecule has 0 spiro atoms. The lowest BCUT2D eigenvalue weighted by molar-refractivity contribution is -0.128. The first-order chi connectivity index (χ1) is 13.7. The summed E-state index contributed by atoms with van der Waals surface area (Å²) in [6.07, 6.45) is 1.74. The Morgan fingerprint density at radius 1 is 1.07 bits per heavy atom. The van der Waals surface area contributed by atoms with Gasteiger partial charge >= 0.3 is 0 Å². The number of carbonyl (C=O) groups excluding carboxylic acids is 1. The third-order valence-electron chi connectivity index (χ3n) is 4.51. The molecule has 0 radical (unpaired) electrons. The van der Waals surface area contributed by atoms with Crippen LogP contribution in [0.25, 0.3) is 0 Å². The summed E-state index contributed by atoms with van der Waals surface area (Å²) in [5.41, 5.74) is 1.63. The van der Waals surface area contributed by atoms with Crippen LogP contribution in [-0.2, 0) is 21.2 Å². The highest BCUT2D eigenvalue weighted by Crippen LogP contribution is 2.21. The molecule has 2 rings (SSSR count). The molecule has 0 saturated carbocycles. The highest BCUT2D eigenvalue weighted by atomic mass is 32.2. The van der Waals surface area contributed by atoms with Crippen LogP contribution in [0.2, 0.25) is 0 Å². The fourth-order valence-electron chi connectivity index (χ4n) is 2.65. The Balaban J connectivity index is 1.88. The van der Waals surface area contributed by atoms with E-state index in [-0.39, 0.29) is 5.91 Å². The summed E-state index contributed by atoms with van der Waals surface area (Å²) in [5.74, 6) is 1.12. The lowest BCUT2D eigenvalue weighted by Crippen LogP contribution is -2.38. The lowest BCUT2D eigenvalue weighted by Gasteiger charge is -2.19. The van der Waals surface area contributed by atoms with E-state index in [1.165, 1.54) is 11.4 Å². The van der Waals surface area contributed by atoms with Gasteiger partial charge in [-0.3, -0.25) is 9.10 Å². The van der Waals surface area contributed by atoms with Crippen LogP contribution >= 0.6 is 0 Å². The average Bonchev–Trinajstić information content (AvgIpc) is 2.71. The monoisotopic (exact) mass is 420 g/mol. The zero-order valence-corrected chi connectivity index (χ0v) is 18.0. The van der Waals surface area contributed by atoms with Crippen molar-refractivity contribution in [2.24, 2.45) is 0 Å². The number of ether oxygens (including phenoxy) is 2. The van der Waals surface area contributed by atoms with Gasteiger partial charge in [0.25, 0.3) is 5.91 Å². The topological polar surface area (TPSA) is 84.9 Å². The van der Waals surface area contributed by atoms with Gasteiger partial charge in [0, 0.05) is 13.6 Å². The van der Waals surface area contributed by atoms with Crippen LogP contribution in [0, 0.1) is 0 Å². The van der Waals surface area contributed by atoms with Gasteiger partial charge in [-0.15, -0.1) is 0 Å². The predicted molar refractivity (Wildman–Crippen MR) is 114 cm³/mol. The standard InChI is InChI=1S/C21H28N2O5S/c1-5-20(21(24)22-15-14-16-6-10-18(27-3)11-7-16)28-19-12-8-17(9-13-19)23(2)29(4,25)26/h6-13,20H,5,14-15H2,1-4H3,(H,22,24)/t20-/m1/s1. The quantitative estimate of drug-likeness (QED) is 0.639. The first kappa shape index (κ1) is 22.5. The Kier molecular flexibility index (Phi) is 7.90. The summed E-state index contributed by atoms with van der Waals surface area (Å²) in [6, 6.07) is 14.3. The summed E-state index contributed by atoms with van der Waals surface area (Å²) in [6.45, 7) is 2.38. The van der Waals surface area contributed by atoms with Crippen LogP contribution in [0.3, 0.4) is 0 Å². The second-order valence-corrected chi connectivity index (χ2v) is 8.64. The molecule has 0 heterocycles. The van der Waals surface area contributed by atoms with E-state index in [1.807, 2.05) is 31.2 Å². The van der Waals surface area contributed by atoms with Gasteiger partial charge in [0.15, 0.2) is 6.10 Å². The second-order valence-electron chi connectivity index (χ2n) is 6.63. The minimum atomic E-state index is -3.33. The second kappa shape index (κ2) is 10.2. The van der Waals surface area contributed by atoms with Crippen molar-refractivity contribution in [1.82, 2.24) is 5.32 Å². The van der Waals surface area contributed by atoms with Crippen LogP contribution in [0.4, 0.5) is 5.69 Å². The van der Waals surface area contributed by atoms with E-state index in [9.17, 15) is 13.2 Å². The van der Waals surface area contributed by atoms with Crippen molar-refractivity contribution in [3.05, 3.63) is 54.1 Å². The van der Waals surface area contributed by atoms with Gasteiger partial charge in [0.05, 0.1) is 19.1 Å². The van der Waals surface area contributed by atoms with Gasteiger partial charge in [-0.05, 0) is 54.8 Å². The van der Waals surface area contributed by atoms with Gasteiger partial charge in [-0.25, -0.2) is 8.42 Å². The molecule has 0 aliphatic carbocycles. The van der Waals surface area contributed by atoms with Crippen molar-refractivity contribution in [3.63, 3.8) is 0 Å². The summed E-state index contributed by atoms with van der Waals surface area (Å²) >= 11 is 0.